The molecule has 1 atom stereocenters. The molecule has 0 aromatic heterocycles. The van der Waals surface area contributed by atoms with Gasteiger partial charge in [-0.1, -0.05) is 18.2 Å². The van der Waals surface area contributed by atoms with E-state index in [0.29, 0.717) is 0 Å². The van der Waals surface area contributed by atoms with Crippen molar-refractivity contribution in [2.75, 3.05) is 16.8 Å². The third-order valence-electron chi connectivity index (χ3n) is 5.02. The Kier molecular flexibility index (Phi) is 5.44. The summed E-state index contributed by atoms with van der Waals surface area (Å²) in [6.45, 7) is 4.16. The van der Waals surface area contributed by atoms with Gasteiger partial charge in [0, 0.05) is 24.3 Å². The van der Waals surface area contributed by atoms with Crippen LogP contribution in [0.1, 0.15) is 23.1 Å². The van der Waals surface area contributed by atoms with E-state index in [4.69, 9.17) is 5.11 Å². The van der Waals surface area contributed by atoms with Gasteiger partial charge in [0.25, 0.3) is 0 Å². The number of hydrogen-bond acceptors (Lipinski definition) is 3. The molecule has 0 spiro atoms. The van der Waals surface area contributed by atoms with Crippen molar-refractivity contribution in [3.63, 3.8) is 0 Å². The maximum Gasteiger partial charge on any atom is 0.307 e. The zero-order valence-electron chi connectivity index (χ0n) is 15.7. The summed E-state index contributed by atoms with van der Waals surface area (Å²) in [4.78, 5) is 37.3. The first kappa shape index (κ1) is 19.5. The van der Waals surface area contributed by atoms with E-state index in [-0.39, 0.29) is 36.0 Å². The van der Waals surface area contributed by atoms with Crippen molar-refractivity contribution in [1.29, 1.82) is 0 Å². The number of nitrogens with zero attached hydrogens (tertiary/aromatic N) is 1. The van der Waals surface area contributed by atoms with Gasteiger partial charge in [0.05, 0.1) is 12.3 Å². The topological polar surface area (TPSA) is 86.7 Å². The van der Waals surface area contributed by atoms with Crippen molar-refractivity contribution in [2.24, 2.45) is 5.92 Å². The minimum atomic E-state index is -1.13. The molecule has 146 valence electrons. The van der Waals surface area contributed by atoms with Crippen molar-refractivity contribution < 1.29 is 23.9 Å². The van der Waals surface area contributed by atoms with Crippen LogP contribution in [0.4, 0.5) is 15.8 Å². The number of carbonyl (C=O) groups excluding carboxylic acids is 2. The van der Waals surface area contributed by atoms with E-state index in [2.05, 4.69) is 5.32 Å². The molecule has 1 aliphatic heterocycles. The number of nitrogens with one attached hydrogen (secondary N) is 1. The number of amides is 2. The van der Waals surface area contributed by atoms with Crippen molar-refractivity contribution in [3.8, 4) is 0 Å². The zero-order chi connectivity index (χ0) is 20.4. The first-order valence-corrected chi connectivity index (χ1v) is 8.94. The Morgan fingerprint density at radius 1 is 1.25 bits per heavy atom. The van der Waals surface area contributed by atoms with E-state index < -0.39 is 24.1 Å². The summed E-state index contributed by atoms with van der Waals surface area (Å²) in [7, 11) is 0. The highest BCUT2D eigenvalue weighted by Gasteiger charge is 2.35. The molecule has 1 unspecified atom stereocenters. The highest BCUT2D eigenvalue weighted by atomic mass is 19.1. The fraction of sp³-hybridized carbons (Fsp3) is 0.286. The Bertz CT molecular complexity index is 957. The summed E-state index contributed by atoms with van der Waals surface area (Å²) in [6, 6.07) is 9.58. The van der Waals surface area contributed by atoms with Crippen molar-refractivity contribution in [2.45, 2.75) is 26.7 Å². The average Bonchev–Trinajstić information content (AvgIpc) is 3.01. The molecule has 0 bridgehead atoms. The number of benzene rings is 2. The lowest BCUT2D eigenvalue weighted by Crippen LogP contribution is -2.28. The van der Waals surface area contributed by atoms with Gasteiger partial charge < -0.3 is 15.3 Å². The third kappa shape index (κ3) is 4.03. The molecule has 28 heavy (non-hydrogen) atoms. The van der Waals surface area contributed by atoms with Gasteiger partial charge in [0.15, 0.2) is 0 Å². The van der Waals surface area contributed by atoms with Gasteiger partial charge >= 0.3 is 5.97 Å². The Labute approximate surface area is 162 Å². The zero-order valence-corrected chi connectivity index (χ0v) is 15.7. The van der Waals surface area contributed by atoms with Crippen LogP contribution in [0, 0.1) is 25.6 Å². The summed E-state index contributed by atoms with van der Waals surface area (Å²) >= 11 is 0. The molecule has 0 aliphatic carbocycles. The maximum absolute atomic E-state index is 14.0. The molecule has 1 saturated heterocycles. The first-order valence-electron chi connectivity index (χ1n) is 8.94. The van der Waals surface area contributed by atoms with Crippen molar-refractivity contribution in [1.82, 2.24) is 0 Å². The minimum absolute atomic E-state index is 0.0441. The van der Waals surface area contributed by atoms with E-state index >= 15 is 0 Å². The second-order valence-corrected chi connectivity index (χ2v) is 6.99. The molecule has 7 heteroatoms. The van der Waals surface area contributed by atoms with Gasteiger partial charge in [-0.2, -0.15) is 0 Å². The summed E-state index contributed by atoms with van der Waals surface area (Å²) in [5, 5.41) is 11.4. The monoisotopic (exact) mass is 384 g/mol. The van der Waals surface area contributed by atoms with Crippen molar-refractivity contribution >= 4 is 29.2 Å². The number of carbonyl (C=O) groups is 3. The molecule has 2 aromatic rings. The second kappa shape index (κ2) is 7.80. The minimum Gasteiger partial charge on any atom is -0.481 e. The van der Waals surface area contributed by atoms with Gasteiger partial charge in [-0.05, 0) is 48.7 Å². The maximum atomic E-state index is 14.0. The quantitative estimate of drug-likeness (QED) is 0.830. The lowest BCUT2D eigenvalue weighted by atomic mass is 10.1. The molecule has 2 aromatic carbocycles. The largest absolute Gasteiger partial charge is 0.481 e. The Morgan fingerprint density at radius 2 is 2.00 bits per heavy atom. The summed E-state index contributed by atoms with van der Waals surface area (Å²) in [6.07, 6.45) is -0.346. The number of aliphatic carboxylic acids is 1. The summed E-state index contributed by atoms with van der Waals surface area (Å²) in [5.41, 5.74) is 3.13. The molecule has 1 aliphatic rings. The first-order chi connectivity index (χ1) is 13.3. The number of carboxylic acid groups (broad SMARTS) is 1. The van der Waals surface area contributed by atoms with E-state index in [1.807, 2.05) is 32.0 Å². The molecule has 1 heterocycles. The van der Waals surface area contributed by atoms with E-state index in [0.717, 1.165) is 22.9 Å². The molecule has 0 saturated carbocycles. The Morgan fingerprint density at radius 3 is 2.68 bits per heavy atom. The van der Waals surface area contributed by atoms with Gasteiger partial charge in [-0.3, -0.25) is 14.4 Å². The standard InChI is InChI=1S/C21H21FN2O4/c1-12-4-3-5-18(13(12)2)24-11-15(8-19(24)25)21(28)23-16-7-6-14(9-20(26)27)17(22)10-16/h3-7,10,15H,8-9,11H2,1-2H3,(H,23,28)(H,26,27). The van der Waals surface area contributed by atoms with Crippen LogP contribution in [0.25, 0.3) is 0 Å². The molecule has 0 radical (unpaired) electrons. The molecule has 2 N–H and O–H groups in total. The molecule has 2 amide bonds. The van der Waals surface area contributed by atoms with Gasteiger partial charge in [-0.25, -0.2) is 4.39 Å². The number of aryl methyl sites for hydroxylation is 1. The number of rotatable bonds is 5. The van der Waals surface area contributed by atoms with Crippen LogP contribution in [-0.4, -0.2) is 29.4 Å². The van der Waals surface area contributed by atoms with Crippen LogP contribution < -0.4 is 10.2 Å². The van der Waals surface area contributed by atoms with Gasteiger partial charge in [0.2, 0.25) is 11.8 Å². The summed E-state index contributed by atoms with van der Waals surface area (Å²) in [5.74, 6) is -2.87. The second-order valence-electron chi connectivity index (χ2n) is 6.99. The van der Waals surface area contributed by atoms with Crippen LogP contribution in [0.2, 0.25) is 0 Å². The van der Waals surface area contributed by atoms with Crippen LogP contribution in [0.15, 0.2) is 36.4 Å². The molecular weight excluding hydrogens is 363 g/mol. The SMILES string of the molecule is Cc1cccc(N2CC(C(=O)Nc3ccc(CC(=O)O)c(F)c3)CC2=O)c1C. The van der Waals surface area contributed by atoms with E-state index in [9.17, 15) is 18.8 Å². The Balaban J connectivity index is 1.70. The lowest BCUT2D eigenvalue weighted by Gasteiger charge is -2.20. The van der Waals surface area contributed by atoms with Crippen LogP contribution in [0.3, 0.4) is 0 Å². The predicted octanol–water partition coefficient (Wildman–Crippen LogP) is 3.06. The van der Waals surface area contributed by atoms with Crippen LogP contribution in [0.5, 0.6) is 0 Å². The fourth-order valence-corrected chi connectivity index (χ4v) is 3.32. The predicted molar refractivity (Wildman–Crippen MR) is 103 cm³/mol. The lowest BCUT2D eigenvalue weighted by molar-refractivity contribution is -0.136. The van der Waals surface area contributed by atoms with Crippen molar-refractivity contribution in [3.05, 3.63) is 58.9 Å². The molecular formula is C21H21FN2O4. The highest BCUT2D eigenvalue weighted by Crippen LogP contribution is 2.30. The number of anilines is 2. The van der Waals surface area contributed by atoms with Crippen LogP contribution in [-0.2, 0) is 20.8 Å². The summed E-state index contributed by atoms with van der Waals surface area (Å²) < 4.78 is 14.0. The van der Waals surface area contributed by atoms with Gasteiger partial charge in [-0.15, -0.1) is 0 Å². The number of carboxylic acids is 1. The van der Waals surface area contributed by atoms with E-state index in [1.165, 1.54) is 12.1 Å². The number of halogens is 1. The third-order valence-corrected chi connectivity index (χ3v) is 5.02. The van der Waals surface area contributed by atoms with E-state index in [1.54, 1.807) is 4.90 Å². The normalized spacial score (nSPS) is 16.3. The highest BCUT2D eigenvalue weighted by molar-refractivity contribution is 6.03. The smallest absolute Gasteiger partial charge is 0.307 e. The Hall–Kier alpha value is -3.22. The fourth-order valence-electron chi connectivity index (χ4n) is 3.32. The van der Waals surface area contributed by atoms with Gasteiger partial charge in [0.1, 0.15) is 5.82 Å². The molecule has 1 fully saturated rings. The molecule has 3 rings (SSSR count). The van der Waals surface area contributed by atoms with Crippen LogP contribution >= 0.6 is 0 Å². The number of hydrogen-bond donors (Lipinski definition) is 2. The average molecular weight is 384 g/mol. The molecule has 6 nitrogen and oxygen atoms in total.